The molecule has 0 aliphatic heterocycles. The largest absolute Gasteiger partial charge is 0.359 e. The molecule has 0 atom stereocenters. The Labute approximate surface area is 87.0 Å². The fourth-order valence-electron chi connectivity index (χ4n) is 0.863. The van der Waals surface area contributed by atoms with Gasteiger partial charge >= 0.3 is 0 Å². The first-order valence-corrected chi connectivity index (χ1v) is 4.30. The molecule has 4 nitrogen and oxygen atoms in total. The third-order valence-corrected chi connectivity index (χ3v) is 1.57. The van der Waals surface area contributed by atoms with Crippen LogP contribution < -0.4 is 0 Å². The summed E-state index contributed by atoms with van der Waals surface area (Å²) in [4.78, 5) is 26.2. The number of aldehydes is 2. The van der Waals surface area contributed by atoms with Crippen molar-refractivity contribution in [2.75, 3.05) is 0 Å². The molecule has 0 amide bonds. The molecule has 0 saturated heterocycles. The zero-order valence-electron chi connectivity index (χ0n) is 7.96. The molecule has 2 aromatic heterocycles. The molecular formula is C11H10N2O2. The van der Waals surface area contributed by atoms with Crippen molar-refractivity contribution < 1.29 is 9.59 Å². The predicted molar refractivity (Wildman–Crippen MR) is 55.8 cm³/mol. The van der Waals surface area contributed by atoms with Gasteiger partial charge in [-0.1, -0.05) is 0 Å². The number of nitrogens with one attached hydrogen (secondary N) is 1. The number of aromatic amines is 1. The van der Waals surface area contributed by atoms with Gasteiger partial charge in [0.2, 0.25) is 0 Å². The summed E-state index contributed by atoms with van der Waals surface area (Å²) in [5.41, 5.74) is 1.24. The van der Waals surface area contributed by atoms with Crippen LogP contribution in [0.15, 0.2) is 42.9 Å². The van der Waals surface area contributed by atoms with Gasteiger partial charge in [0, 0.05) is 24.2 Å². The van der Waals surface area contributed by atoms with Gasteiger partial charge in [0.1, 0.15) is 0 Å². The lowest BCUT2D eigenvalue weighted by Crippen LogP contribution is -1.77. The van der Waals surface area contributed by atoms with Crippen molar-refractivity contribution in [2.24, 2.45) is 0 Å². The van der Waals surface area contributed by atoms with Crippen LogP contribution in [0.1, 0.15) is 20.8 Å². The van der Waals surface area contributed by atoms with Crippen molar-refractivity contribution in [1.29, 1.82) is 0 Å². The van der Waals surface area contributed by atoms with E-state index in [2.05, 4.69) is 9.97 Å². The quantitative estimate of drug-likeness (QED) is 0.754. The highest BCUT2D eigenvalue weighted by Crippen LogP contribution is 1.87. The van der Waals surface area contributed by atoms with E-state index in [1.165, 1.54) is 6.20 Å². The van der Waals surface area contributed by atoms with Gasteiger partial charge in [-0.2, -0.15) is 0 Å². The Kier molecular flexibility index (Phi) is 4.53. The SMILES string of the molecule is O=Cc1ccc[nH]1.O=Cc1cccnc1. The van der Waals surface area contributed by atoms with Crippen molar-refractivity contribution >= 4 is 12.6 Å². The molecule has 1 N–H and O–H groups in total. The fraction of sp³-hybridized carbons (Fsp3) is 0. The molecule has 2 heterocycles. The first-order chi connectivity index (χ1) is 7.36. The van der Waals surface area contributed by atoms with Crippen molar-refractivity contribution in [3.05, 3.63) is 54.1 Å². The summed E-state index contributed by atoms with van der Waals surface area (Å²) in [6.07, 6.45) is 6.41. The zero-order valence-corrected chi connectivity index (χ0v) is 7.96. The number of pyridine rings is 1. The van der Waals surface area contributed by atoms with Gasteiger partial charge < -0.3 is 4.98 Å². The zero-order chi connectivity index (χ0) is 10.9. The Morgan fingerprint density at radius 3 is 2.33 bits per heavy atom. The molecule has 0 saturated carbocycles. The summed E-state index contributed by atoms with van der Waals surface area (Å²) in [6.45, 7) is 0. The fourth-order valence-corrected chi connectivity index (χ4v) is 0.863. The third-order valence-electron chi connectivity index (χ3n) is 1.57. The molecule has 0 radical (unpaired) electrons. The van der Waals surface area contributed by atoms with Crippen molar-refractivity contribution in [3.63, 3.8) is 0 Å². The van der Waals surface area contributed by atoms with Crippen LogP contribution in [0, 0.1) is 0 Å². The standard InChI is InChI=1S/C6H5NO.C5H5NO/c8-5-6-2-1-3-7-4-6;7-4-5-2-1-3-6-5/h1-5H;1-4,6H. The average Bonchev–Trinajstić information content (AvgIpc) is 2.84. The number of carbonyl (C=O) groups is 2. The second-order valence-electron chi connectivity index (χ2n) is 2.65. The van der Waals surface area contributed by atoms with Crippen LogP contribution in [-0.4, -0.2) is 22.5 Å². The number of aromatic nitrogens is 2. The molecule has 0 spiro atoms. The number of nitrogens with zero attached hydrogens (tertiary/aromatic N) is 1. The minimum Gasteiger partial charge on any atom is -0.359 e. The number of H-pyrrole nitrogens is 1. The lowest BCUT2D eigenvalue weighted by Gasteiger charge is -1.81. The van der Waals surface area contributed by atoms with E-state index in [0.29, 0.717) is 11.3 Å². The molecule has 0 aliphatic carbocycles. The van der Waals surface area contributed by atoms with E-state index in [1.54, 1.807) is 36.7 Å². The molecule has 0 fully saturated rings. The molecule has 76 valence electrons. The average molecular weight is 202 g/mol. The van der Waals surface area contributed by atoms with Crippen LogP contribution in [0.2, 0.25) is 0 Å². The van der Waals surface area contributed by atoms with E-state index >= 15 is 0 Å². The van der Waals surface area contributed by atoms with E-state index in [1.807, 2.05) is 0 Å². The number of carbonyl (C=O) groups excluding carboxylic acids is 2. The molecule has 0 unspecified atom stereocenters. The monoisotopic (exact) mass is 202 g/mol. The van der Waals surface area contributed by atoms with Gasteiger partial charge in [0.25, 0.3) is 0 Å². The Morgan fingerprint density at radius 1 is 1.13 bits per heavy atom. The summed E-state index contributed by atoms with van der Waals surface area (Å²) >= 11 is 0. The van der Waals surface area contributed by atoms with Gasteiger partial charge in [-0.25, -0.2) is 0 Å². The molecule has 0 bridgehead atoms. The Hall–Kier alpha value is -2.23. The Morgan fingerprint density at radius 2 is 2.00 bits per heavy atom. The summed E-state index contributed by atoms with van der Waals surface area (Å²) in [6, 6.07) is 6.93. The molecule has 2 rings (SSSR count). The minimum absolute atomic E-state index is 0.618. The molecule has 15 heavy (non-hydrogen) atoms. The maximum atomic E-state index is 9.97. The van der Waals surface area contributed by atoms with Gasteiger partial charge in [0.15, 0.2) is 12.6 Å². The van der Waals surface area contributed by atoms with E-state index in [0.717, 1.165) is 12.6 Å². The van der Waals surface area contributed by atoms with Gasteiger partial charge in [-0.05, 0) is 24.3 Å². The highest BCUT2D eigenvalue weighted by Gasteiger charge is 1.81. The second-order valence-corrected chi connectivity index (χ2v) is 2.65. The molecule has 0 aromatic carbocycles. The van der Waals surface area contributed by atoms with E-state index in [9.17, 15) is 9.59 Å². The van der Waals surface area contributed by atoms with Crippen molar-refractivity contribution in [3.8, 4) is 0 Å². The first kappa shape index (κ1) is 10.8. The van der Waals surface area contributed by atoms with E-state index in [-0.39, 0.29) is 0 Å². The van der Waals surface area contributed by atoms with Gasteiger partial charge in [-0.15, -0.1) is 0 Å². The summed E-state index contributed by atoms with van der Waals surface area (Å²) in [5.74, 6) is 0. The number of hydrogen-bond acceptors (Lipinski definition) is 3. The second kappa shape index (κ2) is 6.26. The lowest BCUT2D eigenvalue weighted by atomic mass is 10.3. The Bertz CT molecular complexity index is 396. The van der Waals surface area contributed by atoms with Crippen LogP contribution >= 0.6 is 0 Å². The molecule has 4 heteroatoms. The molecular weight excluding hydrogens is 192 g/mol. The summed E-state index contributed by atoms with van der Waals surface area (Å²) in [5, 5.41) is 0. The maximum Gasteiger partial charge on any atom is 0.166 e. The van der Waals surface area contributed by atoms with Crippen LogP contribution in [0.25, 0.3) is 0 Å². The predicted octanol–water partition coefficient (Wildman–Crippen LogP) is 1.72. The summed E-state index contributed by atoms with van der Waals surface area (Å²) < 4.78 is 0. The van der Waals surface area contributed by atoms with E-state index < -0.39 is 0 Å². The number of hydrogen-bond donors (Lipinski definition) is 1. The topological polar surface area (TPSA) is 62.8 Å². The highest BCUT2D eigenvalue weighted by atomic mass is 16.1. The van der Waals surface area contributed by atoms with Crippen LogP contribution in [0.5, 0.6) is 0 Å². The molecule has 0 aliphatic rings. The number of rotatable bonds is 2. The third kappa shape index (κ3) is 3.99. The smallest absolute Gasteiger partial charge is 0.166 e. The molecule has 2 aromatic rings. The van der Waals surface area contributed by atoms with Crippen molar-refractivity contribution in [1.82, 2.24) is 9.97 Å². The van der Waals surface area contributed by atoms with Crippen molar-refractivity contribution in [2.45, 2.75) is 0 Å². The van der Waals surface area contributed by atoms with Crippen LogP contribution in [0.3, 0.4) is 0 Å². The van der Waals surface area contributed by atoms with Gasteiger partial charge in [-0.3, -0.25) is 14.6 Å². The van der Waals surface area contributed by atoms with Crippen LogP contribution in [0.4, 0.5) is 0 Å². The van der Waals surface area contributed by atoms with Gasteiger partial charge in [0.05, 0.1) is 5.69 Å². The highest BCUT2D eigenvalue weighted by molar-refractivity contribution is 5.73. The first-order valence-electron chi connectivity index (χ1n) is 4.30. The maximum absolute atomic E-state index is 9.97. The normalized spacial score (nSPS) is 8.53. The lowest BCUT2D eigenvalue weighted by molar-refractivity contribution is 0.111. The minimum atomic E-state index is 0.618. The van der Waals surface area contributed by atoms with Crippen LogP contribution in [-0.2, 0) is 0 Å². The Balaban J connectivity index is 0.000000151. The summed E-state index contributed by atoms with van der Waals surface area (Å²) in [7, 11) is 0. The van der Waals surface area contributed by atoms with E-state index in [4.69, 9.17) is 0 Å².